The van der Waals surface area contributed by atoms with Crippen molar-refractivity contribution in [3.8, 4) is 0 Å². The van der Waals surface area contributed by atoms with E-state index < -0.39 is 0 Å². The van der Waals surface area contributed by atoms with Crippen molar-refractivity contribution < 1.29 is 4.74 Å². The number of nitrogens with one attached hydrogen (secondary N) is 2. The van der Waals surface area contributed by atoms with Crippen molar-refractivity contribution >= 4 is 0 Å². The summed E-state index contributed by atoms with van der Waals surface area (Å²) in [4.78, 5) is 2.54. The van der Waals surface area contributed by atoms with E-state index in [0.717, 1.165) is 38.8 Å². The zero-order valence-corrected chi connectivity index (χ0v) is 10.2. The van der Waals surface area contributed by atoms with Crippen LogP contribution in [0.4, 0.5) is 0 Å². The van der Waals surface area contributed by atoms with E-state index in [9.17, 15) is 0 Å². The van der Waals surface area contributed by atoms with Crippen LogP contribution < -0.4 is 10.6 Å². The first-order valence-electron chi connectivity index (χ1n) is 6.66. The molecule has 2 rings (SSSR count). The molecule has 2 fully saturated rings. The second-order valence-corrected chi connectivity index (χ2v) is 4.85. The molecule has 94 valence electrons. The van der Waals surface area contributed by atoms with E-state index in [1.54, 1.807) is 0 Å². The van der Waals surface area contributed by atoms with Crippen LogP contribution in [0.1, 0.15) is 12.8 Å². The summed E-state index contributed by atoms with van der Waals surface area (Å²) in [6.07, 6.45) is 2.47. The van der Waals surface area contributed by atoms with Crippen LogP contribution in [0.3, 0.4) is 0 Å². The predicted molar refractivity (Wildman–Crippen MR) is 65.7 cm³/mol. The lowest BCUT2D eigenvalue weighted by molar-refractivity contribution is 0.0661. The summed E-state index contributed by atoms with van der Waals surface area (Å²) in [6.45, 7) is 10.2. The molecule has 2 saturated heterocycles. The van der Waals surface area contributed by atoms with Gasteiger partial charge in [-0.25, -0.2) is 0 Å². The molecular weight excluding hydrogens is 202 g/mol. The third-order valence-electron chi connectivity index (χ3n) is 3.59. The smallest absolute Gasteiger partial charge is 0.0469 e. The molecule has 0 unspecified atom stereocenters. The minimum absolute atomic E-state index is 0.844. The Kier molecular flexibility index (Phi) is 5.55. The van der Waals surface area contributed by atoms with Crippen molar-refractivity contribution in [3.63, 3.8) is 0 Å². The predicted octanol–water partition coefficient (Wildman–Crippen LogP) is -0.0922. The third kappa shape index (κ3) is 4.37. The standard InChI is InChI=1S/C12H25N3O/c1-9-16-10-2-12(1)11-14-5-8-15-6-3-13-4-7-15/h12-14H,1-11H2. The van der Waals surface area contributed by atoms with Crippen LogP contribution >= 0.6 is 0 Å². The van der Waals surface area contributed by atoms with Gasteiger partial charge in [-0.1, -0.05) is 0 Å². The molecule has 0 aromatic carbocycles. The van der Waals surface area contributed by atoms with Gasteiger partial charge in [0, 0.05) is 52.5 Å². The second-order valence-electron chi connectivity index (χ2n) is 4.85. The molecule has 2 N–H and O–H groups in total. The fourth-order valence-electron chi connectivity index (χ4n) is 2.43. The van der Waals surface area contributed by atoms with E-state index in [4.69, 9.17) is 4.74 Å². The quantitative estimate of drug-likeness (QED) is 0.644. The van der Waals surface area contributed by atoms with Gasteiger partial charge < -0.3 is 15.4 Å². The highest BCUT2D eigenvalue weighted by molar-refractivity contribution is 4.70. The molecule has 4 nitrogen and oxygen atoms in total. The first kappa shape index (κ1) is 12.3. The van der Waals surface area contributed by atoms with Gasteiger partial charge in [-0.2, -0.15) is 0 Å². The van der Waals surface area contributed by atoms with Crippen LogP contribution in [0.25, 0.3) is 0 Å². The van der Waals surface area contributed by atoms with Gasteiger partial charge in [0.1, 0.15) is 0 Å². The van der Waals surface area contributed by atoms with Crippen molar-refractivity contribution in [3.05, 3.63) is 0 Å². The number of rotatable bonds is 5. The molecule has 2 aliphatic heterocycles. The maximum absolute atomic E-state index is 5.36. The molecule has 0 amide bonds. The minimum Gasteiger partial charge on any atom is -0.381 e. The molecule has 4 heteroatoms. The Hall–Kier alpha value is -0.160. The van der Waals surface area contributed by atoms with E-state index in [1.807, 2.05) is 0 Å². The molecule has 0 saturated carbocycles. The van der Waals surface area contributed by atoms with E-state index in [0.29, 0.717) is 0 Å². The molecule has 0 atom stereocenters. The maximum atomic E-state index is 5.36. The molecule has 0 aromatic heterocycles. The first-order valence-corrected chi connectivity index (χ1v) is 6.66. The Morgan fingerprint density at radius 2 is 1.94 bits per heavy atom. The zero-order valence-electron chi connectivity index (χ0n) is 10.2. The van der Waals surface area contributed by atoms with Gasteiger partial charge in [-0.15, -0.1) is 0 Å². The van der Waals surface area contributed by atoms with Gasteiger partial charge in [0.15, 0.2) is 0 Å². The normalized spacial score (nSPS) is 24.8. The summed E-state index contributed by atoms with van der Waals surface area (Å²) < 4.78 is 5.36. The van der Waals surface area contributed by atoms with Crippen molar-refractivity contribution in [1.29, 1.82) is 0 Å². The molecule has 0 bridgehead atoms. The Labute approximate surface area is 98.7 Å². The summed E-state index contributed by atoms with van der Waals surface area (Å²) >= 11 is 0. The zero-order chi connectivity index (χ0) is 11.1. The van der Waals surface area contributed by atoms with E-state index in [-0.39, 0.29) is 0 Å². The number of piperazine rings is 1. The van der Waals surface area contributed by atoms with E-state index in [1.165, 1.54) is 39.0 Å². The number of hydrogen-bond acceptors (Lipinski definition) is 4. The number of nitrogens with zero attached hydrogens (tertiary/aromatic N) is 1. The minimum atomic E-state index is 0.844. The average molecular weight is 227 g/mol. The second kappa shape index (κ2) is 7.22. The summed E-state index contributed by atoms with van der Waals surface area (Å²) in [7, 11) is 0. The third-order valence-corrected chi connectivity index (χ3v) is 3.59. The molecule has 2 heterocycles. The molecule has 2 aliphatic rings. The number of ether oxygens (including phenoxy) is 1. The van der Waals surface area contributed by atoms with Gasteiger partial charge in [-0.05, 0) is 25.3 Å². The van der Waals surface area contributed by atoms with Crippen LogP contribution in [0.2, 0.25) is 0 Å². The van der Waals surface area contributed by atoms with Gasteiger partial charge in [0.05, 0.1) is 0 Å². The van der Waals surface area contributed by atoms with Crippen molar-refractivity contribution in [2.45, 2.75) is 12.8 Å². The van der Waals surface area contributed by atoms with Crippen molar-refractivity contribution in [2.24, 2.45) is 5.92 Å². The Balaban J connectivity index is 1.47. The maximum Gasteiger partial charge on any atom is 0.0469 e. The fourth-order valence-corrected chi connectivity index (χ4v) is 2.43. The highest BCUT2D eigenvalue weighted by atomic mass is 16.5. The topological polar surface area (TPSA) is 36.5 Å². The molecule has 0 spiro atoms. The van der Waals surface area contributed by atoms with Gasteiger partial charge in [-0.3, -0.25) is 4.90 Å². The van der Waals surface area contributed by atoms with Gasteiger partial charge in [0.25, 0.3) is 0 Å². The largest absolute Gasteiger partial charge is 0.381 e. The highest BCUT2D eigenvalue weighted by Crippen LogP contribution is 2.12. The average Bonchev–Trinajstić information content (AvgIpc) is 2.37. The SMILES string of the molecule is C1CN(CCNCC2CCOCC2)CCN1. The molecular formula is C12H25N3O. The van der Waals surface area contributed by atoms with Crippen molar-refractivity contribution in [2.75, 3.05) is 59.0 Å². The lowest BCUT2D eigenvalue weighted by atomic mass is 10.0. The van der Waals surface area contributed by atoms with Crippen LogP contribution in [0.5, 0.6) is 0 Å². The fraction of sp³-hybridized carbons (Fsp3) is 1.00. The molecule has 16 heavy (non-hydrogen) atoms. The van der Waals surface area contributed by atoms with Gasteiger partial charge >= 0.3 is 0 Å². The van der Waals surface area contributed by atoms with Crippen molar-refractivity contribution in [1.82, 2.24) is 15.5 Å². The highest BCUT2D eigenvalue weighted by Gasteiger charge is 2.13. The van der Waals surface area contributed by atoms with E-state index in [2.05, 4.69) is 15.5 Å². The van der Waals surface area contributed by atoms with E-state index >= 15 is 0 Å². The van der Waals surface area contributed by atoms with Crippen LogP contribution in [-0.2, 0) is 4.74 Å². The molecule has 0 radical (unpaired) electrons. The Morgan fingerprint density at radius 1 is 1.19 bits per heavy atom. The molecule has 0 aromatic rings. The summed E-state index contributed by atoms with van der Waals surface area (Å²) in [5.74, 6) is 0.844. The molecule has 0 aliphatic carbocycles. The summed E-state index contributed by atoms with van der Waals surface area (Å²) in [6, 6.07) is 0. The van der Waals surface area contributed by atoms with Crippen LogP contribution in [0.15, 0.2) is 0 Å². The summed E-state index contributed by atoms with van der Waals surface area (Å²) in [5, 5.41) is 6.97. The number of hydrogen-bond donors (Lipinski definition) is 2. The lowest BCUT2D eigenvalue weighted by Gasteiger charge is -2.28. The monoisotopic (exact) mass is 227 g/mol. The summed E-state index contributed by atoms with van der Waals surface area (Å²) in [5.41, 5.74) is 0. The Bertz CT molecular complexity index is 157. The van der Waals surface area contributed by atoms with Crippen LogP contribution in [-0.4, -0.2) is 63.9 Å². The van der Waals surface area contributed by atoms with Gasteiger partial charge in [0.2, 0.25) is 0 Å². The first-order chi connectivity index (χ1) is 7.95. The lowest BCUT2D eigenvalue weighted by Crippen LogP contribution is -2.46. The Morgan fingerprint density at radius 3 is 2.69 bits per heavy atom. The van der Waals surface area contributed by atoms with Crippen LogP contribution in [0, 0.1) is 5.92 Å².